The Morgan fingerprint density at radius 3 is 2.50 bits per heavy atom. The van der Waals surface area contributed by atoms with Crippen molar-refractivity contribution in [3.8, 4) is 6.07 Å². The highest BCUT2D eigenvalue weighted by molar-refractivity contribution is 6.81. The highest BCUT2D eigenvalue weighted by Crippen LogP contribution is 2.35. The van der Waals surface area contributed by atoms with E-state index < -0.39 is 8.07 Å². The molecule has 0 spiro atoms. The molecule has 0 heterocycles. The lowest BCUT2D eigenvalue weighted by molar-refractivity contribution is 0.452. The van der Waals surface area contributed by atoms with Gasteiger partial charge in [-0.15, -0.1) is 0 Å². The Bertz CT molecular complexity index is 386. The molecule has 1 atom stereocenters. The Labute approximate surface area is 114 Å². The Morgan fingerprint density at radius 2 is 2.00 bits per heavy atom. The van der Waals surface area contributed by atoms with Crippen molar-refractivity contribution in [2.24, 2.45) is 5.92 Å². The quantitative estimate of drug-likeness (QED) is 0.504. The predicted molar refractivity (Wildman–Crippen MR) is 82.0 cm³/mol. The molecule has 0 aromatic rings. The van der Waals surface area contributed by atoms with Gasteiger partial charge in [0.2, 0.25) is 0 Å². The third-order valence-corrected chi connectivity index (χ3v) is 4.84. The van der Waals surface area contributed by atoms with Gasteiger partial charge in [0, 0.05) is 5.57 Å². The summed E-state index contributed by atoms with van der Waals surface area (Å²) in [5, 5.41) is 9.23. The minimum atomic E-state index is -1.14. The van der Waals surface area contributed by atoms with Gasteiger partial charge in [0.15, 0.2) is 0 Å². The van der Waals surface area contributed by atoms with Gasteiger partial charge >= 0.3 is 0 Å². The number of hydrogen-bond acceptors (Lipinski definition) is 1. The van der Waals surface area contributed by atoms with E-state index in [0.717, 1.165) is 12.0 Å². The predicted octanol–water partition coefficient (Wildman–Crippen LogP) is 5.23. The van der Waals surface area contributed by atoms with Crippen LogP contribution in [-0.2, 0) is 0 Å². The van der Waals surface area contributed by atoms with Crippen molar-refractivity contribution < 1.29 is 0 Å². The Morgan fingerprint density at radius 1 is 1.33 bits per heavy atom. The van der Waals surface area contributed by atoms with E-state index in [2.05, 4.69) is 45.3 Å². The zero-order chi connectivity index (χ0) is 13.8. The molecule has 0 N–H and O–H groups in total. The third-order valence-electron chi connectivity index (χ3n) is 3.60. The largest absolute Gasteiger partial charge is 0.193 e. The topological polar surface area (TPSA) is 23.8 Å². The zero-order valence-electron chi connectivity index (χ0n) is 12.6. The lowest BCUT2D eigenvalue weighted by Crippen LogP contribution is -2.21. The maximum atomic E-state index is 9.23. The molecule has 0 radical (unpaired) electrons. The van der Waals surface area contributed by atoms with Gasteiger partial charge in [-0.3, -0.25) is 0 Å². The maximum absolute atomic E-state index is 9.23. The van der Waals surface area contributed by atoms with Crippen LogP contribution in [0.3, 0.4) is 0 Å². The molecule has 1 aliphatic rings. The molecule has 1 fully saturated rings. The first-order chi connectivity index (χ1) is 8.33. The summed E-state index contributed by atoms with van der Waals surface area (Å²) in [4.78, 5) is 0. The molecule has 1 nitrogen and oxygen atoms in total. The van der Waals surface area contributed by atoms with Crippen molar-refractivity contribution in [3.05, 3.63) is 22.4 Å². The lowest BCUT2D eigenvalue weighted by Gasteiger charge is -2.28. The number of nitriles is 1. The van der Waals surface area contributed by atoms with Crippen molar-refractivity contribution in [1.29, 1.82) is 5.26 Å². The second-order valence-corrected chi connectivity index (χ2v) is 11.8. The molecule has 1 aliphatic carbocycles. The van der Waals surface area contributed by atoms with Gasteiger partial charge in [-0.25, -0.2) is 0 Å². The minimum Gasteiger partial charge on any atom is -0.193 e. The van der Waals surface area contributed by atoms with Gasteiger partial charge in [0.25, 0.3) is 0 Å². The second kappa shape index (κ2) is 6.38. The third kappa shape index (κ3) is 4.82. The fraction of sp³-hybridized carbons (Fsp3) is 0.688. The van der Waals surface area contributed by atoms with Crippen molar-refractivity contribution in [2.75, 3.05) is 0 Å². The van der Waals surface area contributed by atoms with Crippen LogP contribution in [0.1, 0.15) is 46.0 Å². The maximum Gasteiger partial charge on any atom is 0.0946 e. The molecule has 0 aromatic heterocycles. The van der Waals surface area contributed by atoms with Crippen LogP contribution in [-0.4, -0.2) is 8.07 Å². The van der Waals surface area contributed by atoms with E-state index in [1.807, 2.05) is 0 Å². The van der Waals surface area contributed by atoms with E-state index in [9.17, 15) is 5.26 Å². The number of rotatable bonds is 3. The zero-order valence-corrected chi connectivity index (χ0v) is 13.6. The van der Waals surface area contributed by atoms with Crippen molar-refractivity contribution in [1.82, 2.24) is 0 Å². The second-order valence-electron chi connectivity index (χ2n) is 6.82. The Balaban J connectivity index is 2.88. The van der Waals surface area contributed by atoms with Gasteiger partial charge in [-0.05, 0) is 45.4 Å². The van der Waals surface area contributed by atoms with Crippen LogP contribution in [0.5, 0.6) is 0 Å². The van der Waals surface area contributed by atoms with E-state index in [-0.39, 0.29) is 0 Å². The Kier molecular flexibility index (Phi) is 5.41. The molecule has 0 aliphatic heterocycles. The smallest absolute Gasteiger partial charge is 0.0946 e. The fourth-order valence-electron chi connectivity index (χ4n) is 2.70. The van der Waals surface area contributed by atoms with E-state index in [1.165, 1.54) is 31.3 Å². The summed E-state index contributed by atoms with van der Waals surface area (Å²) in [5.74, 6) is 0.634. The standard InChI is InChI=1S/C16H27NSi/c1-13(2)16(11-17)10-14-8-6-7-9-15(14)12-18(3,4)5/h12,14H,6-10H2,1-5H3/b15-12+. The highest BCUT2D eigenvalue weighted by Gasteiger charge is 2.22. The molecule has 1 saturated carbocycles. The summed E-state index contributed by atoms with van der Waals surface area (Å²) in [6.07, 6.45) is 6.17. The number of allylic oxidation sites excluding steroid dienone is 3. The summed E-state index contributed by atoms with van der Waals surface area (Å²) >= 11 is 0. The fourth-order valence-corrected chi connectivity index (χ4v) is 4.19. The monoisotopic (exact) mass is 261 g/mol. The first kappa shape index (κ1) is 15.2. The average molecular weight is 261 g/mol. The first-order valence-electron chi connectivity index (χ1n) is 7.11. The van der Waals surface area contributed by atoms with E-state index in [4.69, 9.17) is 0 Å². The van der Waals surface area contributed by atoms with Crippen LogP contribution in [0, 0.1) is 17.2 Å². The van der Waals surface area contributed by atoms with Gasteiger partial charge in [0.05, 0.1) is 14.1 Å². The molecule has 18 heavy (non-hydrogen) atoms. The molecule has 0 aromatic carbocycles. The van der Waals surface area contributed by atoms with Crippen LogP contribution < -0.4 is 0 Å². The van der Waals surface area contributed by atoms with Gasteiger partial charge in [-0.1, -0.05) is 42.9 Å². The van der Waals surface area contributed by atoms with Crippen molar-refractivity contribution in [2.45, 2.75) is 65.6 Å². The molecule has 0 amide bonds. The summed E-state index contributed by atoms with van der Waals surface area (Å²) in [7, 11) is -1.14. The number of nitrogens with zero attached hydrogens (tertiary/aromatic N) is 1. The highest BCUT2D eigenvalue weighted by atomic mass is 28.3. The first-order valence-corrected chi connectivity index (χ1v) is 10.7. The van der Waals surface area contributed by atoms with E-state index in [1.54, 1.807) is 5.57 Å². The summed E-state index contributed by atoms with van der Waals surface area (Å²) < 4.78 is 0. The molecule has 2 heteroatoms. The molecule has 0 saturated heterocycles. The molecule has 0 bridgehead atoms. The van der Waals surface area contributed by atoms with Gasteiger partial charge < -0.3 is 0 Å². The SMILES string of the molecule is CC(C)=C(C#N)CC1CCCC/C1=C\[Si](C)(C)C. The van der Waals surface area contributed by atoms with Gasteiger partial charge in [0.1, 0.15) is 0 Å². The van der Waals surface area contributed by atoms with E-state index in [0.29, 0.717) is 5.92 Å². The van der Waals surface area contributed by atoms with Crippen LogP contribution in [0.15, 0.2) is 22.4 Å². The summed E-state index contributed by atoms with van der Waals surface area (Å²) in [5.41, 5.74) is 6.42. The lowest BCUT2D eigenvalue weighted by atomic mass is 9.81. The van der Waals surface area contributed by atoms with Crippen molar-refractivity contribution in [3.63, 3.8) is 0 Å². The minimum absolute atomic E-state index is 0.634. The Hall–Kier alpha value is -0.813. The van der Waals surface area contributed by atoms with Crippen LogP contribution in [0.4, 0.5) is 0 Å². The molecule has 100 valence electrons. The molecular weight excluding hydrogens is 234 g/mol. The summed E-state index contributed by atoms with van der Waals surface area (Å²) in [6.45, 7) is 11.3. The van der Waals surface area contributed by atoms with Crippen molar-refractivity contribution >= 4 is 8.07 Å². The molecule has 1 rings (SSSR count). The van der Waals surface area contributed by atoms with Crippen LogP contribution in [0.2, 0.25) is 19.6 Å². The average Bonchev–Trinajstić information content (AvgIpc) is 2.25. The van der Waals surface area contributed by atoms with Crippen LogP contribution in [0.25, 0.3) is 0 Å². The van der Waals surface area contributed by atoms with Crippen LogP contribution >= 0.6 is 0 Å². The molecule has 1 unspecified atom stereocenters. The summed E-state index contributed by atoms with van der Waals surface area (Å²) in [6, 6.07) is 2.40. The van der Waals surface area contributed by atoms with Gasteiger partial charge in [-0.2, -0.15) is 5.26 Å². The van der Waals surface area contributed by atoms with E-state index >= 15 is 0 Å². The number of hydrogen-bond donors (Lipinski definition) is 0. The normalized spacial score (nSPS) is 22.7. The molecular formula is C16H27NSi.